The molecule has 3 rings (SSSR count). The zero-order chi connectivity index (χ0) is 13.3. The van der Waals surface area contributed by atoms with E-state index in [0.29, 0.717) is 5.92 Å². The molecular formula is C16H23NO2. The number of piperidine rings is 1. The van der Waals surface area contributed by atoms with Crippen LogP contribution < -0.4 is 14.8 Å². The van der Waals surface area contributed by atoms with Gasteiger partial charge < -0.3 is 14.8 Å². The molecule has 1 fully saturated rings. The average Bonchev–Trinajstić information content (AvgIpc) is 2.72. The number of hydrogen-bond acceptors (Lipinski definition) is 3. The highest BCUT2D eigenvalue weighted by atomic mass is 16.5. The molecule has 1 N–H and O–H groups in total. The predicted molar refractivity (Wildman–Crippen MR) is 75.9 cm³/mol. The van der Waals surface area contributed by atoms with Crippen LogP contribution in [0.15, 0.2) is 18.2 Å². The van der Waals surface area contributed by atoms with Crippen molar-refractivity contribution in [3.63, 3.8) is 0 Å². The molecule has 2 aliphatic rings. The molecule has 2 heterocycles. The highest BCUT2D eigenvalue weighted by Crippen LogP contribution is 2.41. The van der Waals surface area contributed by atoms with Gasteiger partial charge in [-0.05, 0) is 39.3 Å². The molecule has 0 aliphatic carbocycles. The second-order valence-electron chi connectivity index (χ2n) is 6.31. The number of nitrogens with one attached hydrogen (secondary N) is 1. The summed E-state index contributed by atoms with van der Waals surface area (Å²) in [6.45, 7) is 7.26. The molecule has 1 unspecified atom stereocenters. The fraction of sp³-hybridized carbons (Fsp3) is 0.625. The Morgan fingerprint density at radius 1 is 1.42 bits per heavy atom. The molecule has 1 saturated heterocycles. The van der Waals surface area contributed by atoms with Crippen LogP contribution in [0.3, 0.4) is 0 Å². The Labute approximate surface area is 115 Å². The summed E-state index contributed by atoms with van der Waals surface area (Å²) in [5, 5.41) is 3.43. The van der Waals surface area contributed by atoms with Crippen LogP contribution in [0.25, 0.3) is 0 Å². The molecule has 2 aliphatic heterocycles. The van der Waals surface area contributed by atoms with Gasteiger partial charge in [-0.15, -0.1) is 0 Å². The lowest BCUT2D eigenvalue weighted by Gasteiger charge is -2.23. The van der Waals surface area contributed by atoms with E-state index in [9.17, 15) is 0 Å². The van der Waals surface area contributed by atoms with Crippen LogP contribution in [0.4, 0.5) is 0 Å². The normalized spacial score (nSPS) is 24.6. The van der Waals surface area contributed by atoms with Gasteiger partial charge in [0.25, 0.3) is 0 Å². The summed E-state index contributed by atoms with van der Waals surface area (Å²) in [5.74, 6) is 2.49. The topological polar surface area (TPSA) is 30.5 Å². The van der Waals surface area contributed by atoms with Gasteiger partial charge in [0.1, 0.15) is 5.60 Å². The minimum atomic E-state index is -0.103. The summed E-state index contributed by atoms with van der Waals surface area (Å²) >= 11 is 0. The van der Waals surface area contributed by atoms with Gasteiger partial charge >= 0.3 is 0 Å². The van der Waals surface area contributed by atoms with Crippen LogP contribution in [0.1, 0.15) is 32.3 Å². The van der Waals surface area contributed by atoms with Crippen molar-refractivity contribution in [2.24, 2.45) is 5.92 Å². The summed E-state index contributed by atoms with van der Waals surface area (Å²) < 4.78 is 12.0. The lowest BCUT2D eigenvalue weighted by Crippen LogP contribution is -2.33. The Balaban J connectivity index is 1.67. The molecule has 0 spiro atoms. The lowest BCUT2D eigenvalue weighted by atomic mass is 10.0. The molecule has 19 heavy (non-hydrogen) atoms. The van der Waals surface area contributed by atoms with Crippen molar-refractivity contribution in [2.75, 3.05) is 19.7 Å². The quantitative estimate of drug-likeness (QED) is 0.907. The van der Waals surface area contributed by atoms with Gasteiger partial charge in [-0.3, -0.25) is 0 Å². The number of benzene rings is 1. The SMILES string of the molecule is CC1(C)Cc2cccc(OCC3CCCNC3)c2O1. The number of fused-ring (bicyclic) bond motifs is 1. The third-order valence-electron chi connectivity index (χ3n) is 3.93. The van der Waals surface area contributed by atoms with Gasteiger partial charge in [0.05, 0.1) is 6.61 Å². The van der Waals surface area contributed by atoms with Crippen molar-refractivity contribution in [3.05, 3.63) is 23.8 Å². The molecule has 0 radical (unpaired) electrons. The third kappa shape index (κ3) is 2.86. The highest BCUT2D eigenvalue weighted by molar-refractivity contribution is 5.50. The van der Waals surface area contributed by atoms with Crippen molar-refractivity contribution in [1.29, 1.82) is 0 Å². The predicted octanol–water partition coefficient (Wildman–Crippen LogP) is 2.78. The van der Waals surface area contributed by atoms with Crippen LogP contribution in [0.2, 0.25) is 0 Å². The van der Waals surface area contributed by atoms with E-state index < -0.39 is 0 Å². The molecule has 3 heteroatoms. The van der Waals surface area contributed by atoms with Crippen molar-refractivity contribution in [1.82, 2.24) is 5.32 Å². The summed E-state index contributed by atoms with van der Waals surface area (Å²) in [5.41, 5.74) is 1.16. The van der Waals surface area contributed by atoms with Crippen LogP contribution in [-0.4, -0.2) is 25.3 Å². The second kappa shape index (κ2) is 5.04. The first-order valence-corrected chi connectivity index (χ1v) is 7.28. The van der Waals surface area contributed by atoms with Crippen molar-refractivity contribution >= 4 is 0 Å². The Morgan fingerprint density at radius 3 is 3.11 bits per heavy atom. The molecule has 3 nitrogen and oxygen atoms in total. The van der Waals surface area contributed by atoms with E-state index in [1.165, 1.54) is 18.4 Å². The molecule has 0 amide bonds. The minimum absolute atomic E-state index is 0.103. The first kappa shape index (κ1) is 12.8. The molecule has 1 aromatic carbocycles. The van der Waals surface area contributed by atoms with E-state index in [4.69, 9.17) is 9.47 Å². The first-order valence-electron chi connectivity index (χ1n) is 7.28. The van der Waals surface area contributed by atoms with Gasteiger partial charge in [-0.2, -0.15) is 0 Å². The minimum Gasteiger partial charge on any atom is -0.489 e. The molecule has 0 bridgehead atoms. The summed E-state index contributed by atoms with van der Waals surface area (Å²) in [6, 6.07) is 6.23. The fourth-order valence-electron chi connectivity index (χ4n) is 2.97. The van der Waals surface area contributed by atoms with E-state index in [-0.39, 0.29) is 5.60 Å². The lowest BCUT2D eigenvalue weighted by molar-refractivity contribution is 0.129. The maximum atomic E-state index is 6.02. The zero-order valence-electron chi connectivity index (χ0n) is 11.9. The Bertz CT molecular complexity index is 450. The third-order valence-corrected chi connectivity index (χ3v) is 3.93. The number of para-hydroxylation sites is 1. The van der Waals surface area contributed by atoms with E-state index in [0.717, 1.165) is 37.6 Å². The maximum Gasteiger partial charge on any atom is 0.165 e. The molecule has 1 aromatic rings. The van der Waals surface area contributed by atoms with Gasteiger partial charge in [0.2, 0.25) is 0 Å². The van der Waals surface area contributed by atoms with E-state index >= 15 is 0 Å². The molecular weight excluding hydrogens is 238 g/mol. The van der Waals surface area contributed by atoms with Crippen molar-refractivity contribution in [2.45, 2.75) is 38.7 Å². The second-order valence-corrected chi connectivity index (χ2v) is 6.31. The smallest absolute Gasteiger partial charge is 0.165 e. The summed E-state index contributed by atoms with van der Waals surface area (Å²) in [4.78, 5) is 0. The Hall–Kier alpha value is -1.22. The molecule has 1 atom stereocenters. The van der Waals surface area contributed by atoms with Gasteiger partial charge in [-0.1, -0.05) is 12.1 Å². The van der Waals surface area contributed by atoms with Gasteiger partial charge in [0.15, 0.2) is 11.5 Å². The first-order chi connectivity index (χ1) is 9.14. The monoisotopic (exact) mass is 261 g/mol. The van der Waals surface area contributed by atoms with Crippen LogP contribution in [0, 0.1) is 5.92 Å². The standard InChI is InChI=1S/C16H23NO2/c1-16(2)9-13-6-3-7-14(15(13)19-16)18-11-12-5-4-8-17-10-12/h3,6-7,12,17H,4-5,8-11H2,1-2H3. The summed E-state index contributed by atoms with van der Waals surface area (Å²) in [7, 11) is 0. The van der Waals surface area contributed by atoms with Crippen LogP contribution >= 0.6 is 0 Å². The molecule has 104 valence electrons. The highest BCUT2D eigenvalue weighted by Gasteiger charge is 2.32. The van der Waals surface area contributed by atoms with Crippen molar-refractivity contribution in [3.8, 4) is 11.5 Å². The average molecular weight is 261 g/mol. The number of rotatable bonds is 3. The Morgan fingerprint density at radius 2 is 2.32 bits per heavy atom. The number of ether oxygens (including phenoxy) is 2. The molecule has 0 saturated carbocycles. The summed E-state index contributed by atoms with van der Waals surface area (Å²) in [6.07, 6.45) is 3.48. The maximum absolute atomic E-state index is 6.02. The number of hydrogen-bond donors (Lipinski definition) is 1. The van der Waals surface area contributed by atoms with E-state index in [1.807, 2.05) is 6.07 Å². The molecule has 0 aromatic heterocycles. The van der Waals surface area contributed by atoms with Crippen molar-refractivity contribution < 1.29 is 9.47 Å². The zero-order valence-corrected chi connectivity index (χ0v) is 11.9. The largest absolute Gasteiger partial charge is 0.489 e. The Kier molecular flexibility index (Phi) is 3.40. The van der Waals surface area contributed by atoms with E-state index in [2.05, 4.69) is 31.3 Å². The van der Waals surface area contributed by atoms with Crippen LogP contribution in [-0.2, 0) is 6.42 Å². The van der Waals surface area contributed by atoms with Gasteiger partial charge in [-0.25, -0.2) is 0 Å². The van der Waals surface area contributed by atoms with Gasteiger partial charge in [0, 0.05) is 24.4 Å². The fourth-order valence-corrected chi connectivity index (χ4v) is 2.97. The van der Waals surface area contributed by atoms with E-state index in [1.54, 1.807) is 0 Å². The van der Waals surface area contributed by atoms with Crippen LogP contribution in [0.5, 0.6) is 11.5 Å².